The molecule has 3 heteroatoms. The van der Waals surface area contributed by atoms with E-state index in [0.29, 0.717) is 0 Å². The van der Waals surface area contributed by atoms with Crippen molar-refractivity contribution in [2.75, 3.05) is 20.3 Å². The van der Waals surface area contributed by atoms with E-state index >= 15 is 0 Å². The molecule has 1 aliphatic rings. The van der Waals surface area contributed by atoms with Crippen molar-refractivity contribution in [3.63, 3.8) is 0 Å². The second-order valence-electron chi connectivity index (χ2n) is 3.50. The minimum absolute atomic E-state index is 0.0876. The maximum absolute atomic E-state index is 9.17. The van der Waals surface area contributed by atoms with Crippen LogP contribution in [0.15, 0.2) is 18.2 Å². The molecule has 0 radical (unpaired) electrons. The third-order valence-corrected chi connectivity index (χ3v) is 2.69. The van der Waals surface area contributed by atoms with Gasteiger partial charge in [0, 0.05) is 0 Å². The molecule has 0 saturated heterocycles. The van der Waals surface area contributed by atoms with Gasteiger partial charge in [0.15, 0.2) is 0 Å². The first-order valence-electron chi connectivity index (χ1n) is 4.86. The number of hydrogen-bond acceptors (Lipinski definition) is 3. The van der Waals surface area contributed by atoms with E-state index in [-0.39, 0.29) is 12.6 Å². The lowest BCUT2D eigenvalue weighted by Crippen LogP contribution is -2.31. The number of methoxy groups -OCH3 is 1. The molecule has 1 aliphatic heterocycles. The Hall–Kier alpha value is -1.06. The monoisotopic (exact) mass is 193 g/mol. The van der Waals surface area contributed by atoms with Gasteiger partial charge in [-0.3, -0.25) is 0 Å². The van der Waals surface area contributed by atoms with Crippen LogP contribution >= 0.6 is 0 Å². The van der Waals surface area contributed by atoms with Crippen LogP contribution in [-0.2, 0) is 6.42 Å². The Balaban J connectivity index is 2.35. The molecule has 1 aromatic carbocycles. The van der Waals surface area contributed by atoms with Crippen molar-refractivity contribution in [3.8, 4) is 5.75 Å². The third-order valence-electron chi connectivity index (χ3n) is 2.69. The Kier molecular flexibility index (Phi) is 2.70. The summed E-state index contributed by atoms with van der Waals surface area (Å²) in [5.41, 5.74) is 2.47. The van der Waals surface area contributed by atoms with Crippen molar-refractivity contribution in [2.24, 2.45) is 0 Å². The fourth-order valence-corrected chi connectivity index (χ4v) is 1.92. The first-order valence-corrected chi connectivity index (χ1v) is 4.86. The summed E-state index contributed by atoms with van der Waals surface area (Å²) in [6.07, 6.45) is 1.00. The Labute approximate surface area is 83.7 Å². The fourth-order valence-electron chi connectivity index (χ4n) is 1.92. The Morgan fingerprint density at radius 2 is 2.43 bits per heavy atom. The van der Waals surface area contributed by atoms with Crippen molar-refractivity contribution >= 4 is 0 Å². The van der Waals surface area contributed by atoms with Gasteiger partial charge < -0.3 is 15.2 Å². The van der Waals surface area contributed by atoms with Gasteiger partial charge in [-0.2, -0.15) is 0 Å². The van der Waals surface area contributed by atoms with Gasteiger partial charge in [0.05, 0.1) is 19.8 Å². The quantitative estimate of drug-likeness (QED) is 0.732. The van der Waals surface area contributed by atoms with Crippen molar-refractivity contribution < 1.29 is 9.84 Å². The van der Waals surface area contributed by atoms with Crippen molar-refractivity contribution in [1.82, 2.24) is 5.32 Å². The number of rotatable bonds is 2. The van der Waals surface area contributed by atoms with Crippen molar-refractivity contribution in [1.29, 1.82) is 0 Å². The highest BCUT2D eigenvalue weighted by atomic mass is 16.5. The zero-order valence-corrected chi connectivity index (χ0v) is 8.29. The van der Waals surface area contributed by atoms with Crippen LogP contribution in [0.1, 0.15) is 17.2 Å². The number of fused-ring (bicyclic) bond motifs is 1. The summed E-state index contributed by atoms with van der Waals surface area (Å²) in [5, 5.41) is 12.4. The SMILES string of the molecule is COc1ccc2c(c1)CCN[C@H]2CO. The van der Waals surface area contributed by atoms with E-state index < -0.39 is 0 Å². The molecular weight excluding hydrogens is 178 g/mol. The van der Waals surface area contributed by atoms with Crippen LogP contribution in [0.5, 0.6) is 5.75 Å². The highest BCUT2D eigenvalue weighted by molar-refractivity contribution is 5.39. The summed E-state index contributed by atoms with van der Waals surface area (Å²) in [5.74, 6) is 0.891. The predicted molar refractivity (Wildman–Crippen MR) is 54.5 cm³/mol. The summed E-state index contributed by atoms with van der Waals surface area (Å²) >= 11 is 0. The molecule has 0 fully saturated rings. The average molecular weight is 193 g/mol. The second-order valence-corrected chi connectivity index (χ2v) is 3.50. The normalized spacial score (nSPS) is 20.3. The molecule has 1 atom stereocenters. The predicted octanol–water partition coefficient (Wildman–Crippen LogP) is 0.874. The highest BCUT2D eigenvalue weighted by Crippen LogP contribution is 2.26. The first kappa shape index (κ1) is 9.49. The third kappa shape index (κ3) is 1.61. The van der Waals surface area contributed by atoms with E-state index in [0.717, 1.165) is 18.7 Å². The molecule has 0 spiro atoms. The summed E-state index contributed by atoms with van der Waals surface area (Å²) in [4.78, 5) is 0. The van der Waals surface area contributed by atoms with Crippen molar-refractivity contribution in [2.45, 2.75) is 12.5 Å². The molecule has 76 valence electrons. The van der Waals surface area contributed by atoms with Crippen LogP contribution in [0.3, 0.4) is 0 Å². The molecule has 0 bridgehead atoms. The minimum Gasteiger partial charge on any atom is -0.497 e. The smallest absolute Gasteiger partial charge is 0.119 e. The molecule has 3 nitrogen and oxygen atoms in total. The maximum Gasteiger partial charge on any atom is 0.119 e. The van der Waals surface area contributed by atoms with E-state index in [4.69, 9.17) is 4.74 Å². The Morgan fingerprint density at radius 3 is 3.14 bits per heavy atom. The lowest BCUT2D eigenvalue weighted by Gasteiger charge is -2.25. The summed E-state index contributed by atoms with van der Waals surface area (Å²) in [7, 11) is 1.67. The molecular formula is C11H15NO2. The zero-order valence-electron chi connectivity index (χ0n) is 8.29. The van der Waals surface area contributed by atoms with Gasteiger partial charge in [-0.05, 0) is 36.2 Å². The number of aliphatic hydroxyl groups excluding tert-OH is 1. The average Bonchev–Trinajstić information content (AvgIpc) is 2.27. The number of hydrogen-bond donors (Lipinski definition) is 2. The van der Waals surface area contributed by atoms with E-state index in [1.807, 2.05) is 12.1 Å². The molecule has 0 aromatic heterocycles. The Morgan fingerprint density at radius 1 is 1.57 bits per heavy atom. The number of nitrogens with one attached hydrogen (secondary N) is 1. The fraction of sp³-hybridized carbons (Fsp3) is 0.455. The molecule has 0 aliphatic carbocycles. The largest absolute Gasteiger partial charge is 0.497 e. The van der Waals surface area contributed by atoms with Gasteiger partial charge in [0.1, 0.15) is 5.75 Å². The summed E-state index contributed by atoms with van der Waals surface area (Å²) in [6, 6.07) is 6.11. The van der Waals surface area contributed by atoms with Crippen LogP contribution in [-0.4, -0.2) is 25.4 Å². The number of ether oxygens (including phenoxy) is 1. The number of benzene rings is 1. The van der Waals surface area contributed by atoms with Crippen LogP contribution in [0.2, 0.25) is 0 Å². The zero-order chi connectivity index (χ0) is 9.97. The standard InChI is InChI=1S/C11H15NO2/c1-14-9-2-3-10-8(6-9)4-5-12-11(10)7-13/h2-3,6,11-13H,4-5,7H2,1H3/t11-/m0/s1. The molecule has 1 aromatic rings. The second kappa shape index (κ2) is 3.98. The van der Waals surface area contributed by atoms with E-state index in [2.05, 4.69) is 11.4 Å². The molecule has 0 unspecified atom stereocenters. The summed E-state index contributed by atoms with van der Waals surface area (Å²) < 4.78 is 5.17. The van der Waals surface area contributed by atoms with Crippen LogP contribution in [0, 0.1) is 0 Å². The van der Waals surface area contributed by atoms with Gasteiger partial charge in [0.25, 0.3) is 0 Å². The van der Waals surface area contributed by atoms with Crippen molar-refractivity contribution in [3.05, 3.63) is 29.3 Å². The molecule has 1 heterocycles. The van der Waals surface area contributed by atoms with Crippen LogP contribution in [0.4, 0.5) is 0 Å². The molecule has 14 heavy (non-hydrogen) atoms. The van der Waals surface area contributed by atoms with Crippen LogP contribution in [0.25, 0.3) is 0 Å². The van der Waals surface area contributed by atoms with Gasteiger partial charge in [-0.25, -0.2) is 0 Å². The molecule has 0 amide bonds. The summed E-state index contributed by atoms with van der Waals surface area (Å²) in [6.45, 7) is 1.07. The van der Waals surface area contributed by atoms with E-state index in [1.54, 1.807) is 7.11 Å². The lowest BCUT2D eigenvalue weighted by atomic mass is 9.94. The minimum atomic E-state index is 0.0876. The molecule has 2 N–H and O–H groups in total. The topological polar surface area (TPSA) is 41.5 Å². The molecule has 0 saturated carbocycles. The van der Waals surface area contributed by atoms with E-state index in [1.165, 1.54) is 11.1 Å². The van der Waals surface area contributed by atoms with Gasteiger partial charge in [-0.15, -0.1) is 0 Å². The van der Waals surface area contributed by atoms with Gasteiger partial charge in [-0.1, -0.05) is 6.07 Å². The van der Waals surface area contributed by atoms with E-state index in [9.17, 15) is 5.11 Å². The van der Waals surface area contributed by atoms with Gasteiger partial charge >= 0.3 is 0 Å². The first-order chi connectivity index (χ1) is 6.85. The highest BCUT2D eigenvalue weighted by Gasteiger charge is 2.18. The van der Waals surface area contributed by atoms with Gasteiger partial charge in [0.2, 0.25) is 0 Å². The Bertz CT molecular complexity index is 325. The van der Waals surface area contributed by atoms with Crippen LogP contribution < -0.4 is 10.1 Å². The lowest BCUT2D eigenvalue weighted by molar-refractivity contribution is 0.240. The number of aliphatic hydroxyl groups is 1. The molecule has 2 rings (SSSR count). The maximum atomic E-state index is 9.17.